The topological polar surface area (TPSA) is 67.0 Å². The number of aromatic amines is 1. The molecule has 1 heterocycles. The Hall–Kier alpha value is -2.30. The van der Waals surface area contributed by atoms with Crippen molar-refractivity contribution in [3.63, 3.8) is 0 Å². The smallest absolute Gasteiger partial charge is 0.274 e. The van der Waals surface area contributed by atoms with Gasteiger partial charge in [-0.05, 0) is 18.6 Å². The number of benzene rings is 1. The van der Waals surface area contributed by atoms with Gasteiger partial charge in [0.1, 0.15) is 5.75 Å². The summed E-state index contributed by atoms with van der Waals surface area (Å²) in [4.78, 5) is 17.6. The maximum Gasteiger partial charge on any atom is 0.274 e. The summed E-state index contributed by atoms with van der Waals surface area (Å²) in [5.41, 5.74) is -0.253. The predicted octanol–water partition coefficient (Wildman–Crippen LogP) is 1.65. The summed E-state index contributed by atoms with van der Waals surface area (Å²) in [5, 5.41) is 3.03. The molecule has 0 fully saturated rings. The van der Waals surface area contributed by atoms with Crippen LogP contribution in [0.4, 0.5) is 5.95 Å². The van der Waals surface area contributed by atoms with Crippen LogP contribution in [0, 0.1) is 0 Å². The van der Waals surface area contributed by atoms with E-state index in [0.29, 0.717) is 19.1 Å². The van der Waals surface area contributed by atoms with Gasteiger partial charge in [-0.2, -0.15) is 4.98 Å². The number of ether oxygens (including phenoxy) is 1. The molecular formula is C13H15N3O2. The molecule has 0 unspecified atom stereocenters. The van der Waals surface area contributed by atoms with E-state index in [1.807, 2.05) is 30.3 Å². The van der Waals surface area contributed by atoms with Crippen LogP contribution >= 0.6 is 0 Å². The summed E-state index contributed by atoms with van der Waals surface area (Å²) in [6.45, 7) is 1.31. The van der Waals surface area contributed by atoms with E-state index in [0.717, 1.165) is 12.2 Å². The van der Waals surface area contributed by atoms with E-state index in [1.165, 1.54) is 6.07 Å². The van der Waals surface area contributed by atoms with Crippen LogP contribution in [0.15, 0.2) is 47.4 Å². The maximum absolute atomic E-state index is 11.0. The monoisotopic (exact) mass is 245 g/mol. The summed E-state index contributed by atoms with van der Waals surface area (Å²) in [6, 6.07) is 11.0. The zero-order chi connectivity index (χ0) is 12.6. The zero-order valence-corrected chi connectivity index (χ0v) is 9.93. The summed E-state index contributed by atoms with van der Waals surface area (Å²) in [7, 11) is 0. The van der Waals surface area contributed by atoms with Gasteiger partial charge in [0.05, 0.1) is 6.61 Å². The molecule has 0 bridgehead atoms. The molecule has 5 heteroatoms. The molecule has 2 rings (SSSR count). The number of hydrogen-bond acceptors (Lipinski definition) is 4. The Morgan fingerprint density at radius 2 is 2.06 bits per heavy atom. The van der Waals surface area contributed by atoms with E-state index < -0.39 is 0 Å². The fourth-order valence-corrected chi connectivity index (χ4v) is 1.45. The molecule has 0 spiro atoms. The third-order valence-electron chi connectivity index (χ3n) is 2.29. The number of nitrogens with one attached hydrogen (secondary N) is 2. The number of aromatic nitrogens is 2. The number of rotatable bonds is 6. The SMILES string of the molecule is O=c1cc[nH]c(NCCCOc2ccccc2)n1. The molecule has 0 atom stereocenters. The Bertz CT molecular complexity index is 525. The number of anilines is 1. The molecule has 5 nitrogen and oxygen atoms in total. The highest BCUT2D eigenvalue weighted by Gasteiger charge is 1.95. The molecule has 0 amide bonds. The van der Waals surface area contributed by atoms with Gasteiger partial charge >= 0.3 is 0 Å². The minimum absolute atomic E-state index is 0.253. The molecule has 0 aliphatic heterocycles. The van der Waals surface area contributed by atoms with Crippen molar-refractivity contribution in [2.24, 2.45) is 0 Å². The first kappa shape index (κ1) is 12.2. The Morgan fingerprint density at radius 3 is 2.83 bits per heavy atom. The largest absolute Gasteiger partial charge is 0.494 e. The van der Waals surface area contributed by atoms with Crippen LogP contribution in [0.25, 0.3) is 0 Å². The zero-order valence-electron chi connectivity index (χ0n) is 9.93. The molecular weight excluding hydrogens is 230 g/mol. The molecule has 2 N–H and O–H groups in total. The van der Waals surface area contributed by atoms with E-state index in [1.54, 1.807) is 6.20 Å². The van der Waals surface area contributed by atoms with E-state index >= 15 is 0 Å². The number of nitrogens with zero attached hydrogens (tertiary/aromatic N) is 1. The van der Waals surface area contributed by atoms with Crippen LogP contribution in [0.3, 0.4) is 0 Å². The van der Waals surface area contributed by atoms with Crippen LogP contribution in [0.5, 0.6) is 5.75 Å². The van der Waals surface area contributed by atoms with Crippen molar-refractivity contribution in [1.82, 2.24) is 9.97 Å². The number of para-hydroxylation sites is 1. The molecule has 94 valence electrons. The summed E-state index contributed by atoms with van der Waals surface area (Å²) >= 11 is 0. The first-order valence-corrected chi connectivity index (χ1v) is 5.82. The van der Waals surface area contributed by atoms with E-state index in [-0.39, 0.29) is 5.56 Å². The minimum atomic E-state index is -0.253. The number of H-pyrrole nitrogens is 1. The summed E-state index contributed by atoms with van der Waals surface area (Å²) in [6.07, 6.45) is 2.39. The van der Waals surface area contributed by atoms with Gasteiger partial charge in [0.25, 0.3) is 5.56 Å². The van der Waals surface area contributed by atoms with Crippen molar-refractivity contribution in [1.29, 1.82) is 0 Å². The molecule has 0 aliphatic rings. The highest BCUT2D eigenvalue weighted by Crippen LogP contribution is 2.08. The lowest BCUT2D eigenvalue weighted by molar-refractivity contribution is 0.315. The molecule has 0 saturated heterocycles. The van der Waals surface area contributed by atoms with Crippen molar-refractivity contribution >= 4 is 5.95 Å². The van der Waals surface area contributed by atoms with Crippen molar-refractivity contribution < 1.29 is 4.74 Å². The van der Waals surface area contributed by atoms with E-state index in [2.05, 4.69) is 15.3 Å². The second-order valence-corrected chi connectivity index (χ2v) is 3.72. The van der Waals surface area contributed by atoms with Gasteiger partial charge in [-0.3, -0.25) is 4.79 Å². The van der Waals surface area contributed by atoms with Gasteiger partial charge in [0.15, 0.2) is 0 Å². The second-order valence-electron chi connectivity index (χ2n) is 3.72. The molecule has 0 aliphatic carbocycles. The van der Waals surface area contributed by atoms with Gasteiger partial charge in [0, 0.05) is 18.8 Å². The second kappa shape index (κ2) is 6.44. The average molecular weight is 245 g/mol. The third-order valence-corrected chi connectivity index (χ3v) is 2.29. The van der Waals surface area contributed by atoms with Crippen LogP contribution < -0.4 is 15.6 Å². The summed E-state index contributed by atoms with van der Waals surface area (Å²) < 4.78 is 5.54. The Morgan fingerprint density at radius 1 is 1.22 bits per heavy atom. The molecule has 1 aromatic heterocycles. The Labute approximate surface area is 105 Å². The molecule has 0 radical (unpaired) electrons. The fourth-order valence-electron chi connectivity index (χ4n) is 1.45. The predicted molar refractivity (Wildman–Crippen MR) is 69.9 cm³/mol. The Balaban J connectivity index is 1.66. The lowest BCUT2D eigenvalue weighted by Gasteiger charge is -2.06. The first-order chi connectivity index (χ1) is 8.84. The van der Waals surface area contributed by atoms with Gasteiger partial charge in [0.2, 0.25) is 5.95 Å². The molecule has 1 aromatic carbocycles. The van der Waals surface area contributed by atoms with Crippen molar-refractivity contribution in [3.8, 4) is 5.75 Å². The molecule has 0 saturated carbocycles. The fraction of sp³-hybridized carbons (Fsp3) is 0.231. The Kier molecular flexibility index (Phi) is 4.35. The lowest BCUT2D eigenvalue weighted by Crippen LogP contribution is -2.13. The maximum atomic E-state index is 11.0. The van der Waals surface area contributed by atoms with Gasteiger partial charge in [-0.25, -0.2) is 0 Å². The van der Waals surface area contributed by atoms with Crippen LogP contribution in [-0.4, -0.2) is 23.1 Å². The highest BCUT2D eigenvalue weighted by molar-refractivity contribution is 5.22. The van der Waals surface area contributed by atoms with Crippen LogP contribution in [0.2, 0.25) is 0 Å². The standard InChI is InChI=1S/C13H15N3O2/c17-12-7-9-15-13(16-12)14-8-4-10-18-11-5-2-1-3-6-11/h1-3,5-7,9H,4,8,10H2,(H2,14,15,16,17). The average Bonchev–Trinajstić information content (AvgIpc) is 2.40. The lowest BCUT2D eigenvalue weighted by atomic mass is 10.3. The van der Waals surface area contributed by atoms with Gasteiger partial charge in [-0.1, -0.05) is 18.2 Å². The van der Waals surface area contributed by atoms with E-state index in [9.17, 15) is 4.79 Å². The highest BCUT2D eigenvalue weighted by atomic mass is 16.5. The van der Waals surface area contributed by atoms with E-state index in [4.69, 9.17) is 4.74 Å². The minimum Gasteiger partial charge on any atom is -0.494 e. The first-order valence-electron chi connectivity index (χ1n) is 5.82. The molecule has 18 heavy (non-hydrogen) atoms. The summed E-state index contributed by atoms with van der Waals surface area (Å²) in [5.74, 6) is 1.35. The normalized spacial score (nSPS) is 10.0. The quantitative estimate of drug-likeness (QED) is 0.759. The third kappa shape index (κ3) is 3.93. The van der Waals surface area contributed by atoms with Gasteiger partial charge < -0.3 is 15.0 Å². The van der Waals surface area contributed by atoms with Crippen LogP contribution in [0.1, 0.15) is 6.42 Å². The number of hydrogen-bond donors (Lipinski definition) is 2. The molecule has 2 aromatic rings. The van der Waals surface area contributed by atoms with Gasteiger partial charge in [-0.15, -0.1) is 0 Å². The van der Waals surface area contributed by atoms with Crippen molar-refractivity contribution in [2.45, 2.75) is 6.42 Å². The van der Waals surface area contributed by atoms with Crippen molar-refractivity contribution in [2.75, 3.05) is 18.5 Å². The van der Waals surface area contributed by atoms with Crippen molar-refractivity contribution in [3.05, 3.63) is 52.9 Å². The van der Waals surface area contributed by atoms with Crippen LogP contribution in [-0.2, 0) is 0 Å².